The fourth-order valence-electron chi connectivity index (χ4n) is 3.01. The van der Waals surface area contributed by atoms with Crippen LogP contribution >= 0.6 is 0 Å². The molecule has 0 bridgehead atoms. The summed E-state index contributed by atoms with van der Waals surface area (Å²) in [5, 5.41) is 3.73. The van der Waals surface area contributed by atoms with Gasteiger partial charge in [0.2, 0.25) is 0 Å². The van der Waals surface area contributed by atoms with Crippen molar-refractivity contribution in [3.05, 3.63) is 35.9 Å². The van der Waals surface area contributed by atoms with Crippen molar-refractivity contribution >= 4 is 0 Å². The second kappa shape index (κ2) is 3.86. The summed E-state index contributed by atoms with van der Waals surface area (Å²) in [6.07, 6.45) is 3.90. The van der Waals surface area contributed by atoms with Crippen LogP contribution in [0.3, 0.4) is 0 Å². The minimum Gasteiger partial charge on any atom is -0.308 e. The first-order valence-corrected chi connectivity index (χ1v) is 6.29. The molecule has 1 saturated heterocycles. The highest BCUT2D eigenvalue weighted by Gasteiger charge is 2.51. The molecule has 1 saturated carbocycles. The van der Waals surface area contributed by atoms with Crippen LogP contribution in [-0.4, -0.2) is 36.6 Å². The molecule has 1 atom stereocenters. The molecule has 2 nitrogen and oxygen atoms in total. The van der Waals surface area contributed by atoms with Gasteiger partial charge in [-0.05, 0) is 31.9 Å². The van der Waals surface area contributed by atoms with Crippen LogP contribution in [0, 0.1) is 0 Å². The Bertz CT molecular complexity index is 356. The molecular weight excluding hydrogens is 196 g/mol. The quantitative estimate of drug-likeness (QED) is 0.809. The summed E-state index contributed by atoms with van der Waals surface area (Å²) in [5.74, 6) is 0. The van der Waals surface area contributed by atoms with Gasteiger partial charge in [0, 0.05) is 24.7 Å². The van der Waals surface area contributed by atoms with Crippen LogP contribution in [-0.2, 0) is 6.42 Å². The first kappa shape index (κ1) is 10.3. The summed E-state index contributed by atoms with van der Waals surface area (Å²) < 4.78 is 0. The van der Waals surface area contributed by atoms with Gasteiger partial charge in [0.05, 0.1) is 0 Å². The largest absolute Gasteiger partial charge is 0.308 e. The molecular formula is C14H20N2. The number of hydrogen-bond acceptors (Lipinski definition) is 2. The van der Waals surface area contributed by atoms with Crippen molar-refractivity contribution in [2.45, 2.75) is 30.8 Å². The zero-order valence-electron chi connectivity index (χ0n) is 9.95. The highest BCUT2D eigenvalue weighted by molar-refractivity contribution is 5.21. The smallest absolute Gasteiger partial charge is 0.0342 e. The SMILES string of the molecule is CN1CCNC2(CC2)C1Cc1ccccc1. The first-order chi connectivity index (χ1) is 7.80. The summed E-state index contributed by atoms with van der Waals surface area (Å²) in [6.45, 7) is 2.33. The third kappa shape index (κ3) is 1.76. The van der Waals surface area contributed by atoms with Crippen LogP contribution in [0.2, 0.25) is 0 Å². The summed E-state index contributed by atoms with van der Waals surface area (Å²) in [4.78, 5) is 2.54. The van der Waals surface area contributed by atoms with E-state index in [0.717, 1.165) is 6.54 Å². The third-order valence-electron chi connectivity index (χ3n) is 4.17. The lowest BCUT2D eigenvalue weighted by molar-refractivity contribution is 0.136. The Balaban J connectivity index is 1.77. The molecule has 1 aliphatic heterocycles. The Morgan fingerprint density at radius 2 is 2.06 bits per heavy atom. The van der Waals surface area contributed by atoms with E-state index in [1.807, 2.05) is 0 Å². The van der Waals surface area contributed by atoms with Crippen molar-refractivity contribution in [2.24, 2.45) is 0 Å². The predicted octanol–water partition coefficient (Wildman–Crippen LogP) is 1.67. The van der Waals surface area contributed by atoms with E-state index in [-0.39, 0.29) is 0 Å². The second-order valence-electron chi connectivity index (χ2n) is 5.27. The Labute approximate surface area is 97.6 Å². The fourth-order valence-corrected chi connectivity index (χ4v) is 3.01. The molecule has 2 fully saturated rings. The number of benzene rings is 1. The van der Waals surface area contributed by atoms with Crippen molar-refractivity contribution in [1.29, 1.82) is 0 Å². The number of piperazine rings is 1. The zero-order chi connectivity index (χ0) is 11.0. The van der Waals surface area contributed by atoms with E-state index in [1.165, 1.54) is 31.4 Å². The lowest BCUT2D eigenvalue weighted by atomic mass is 9.94. The molecule has 86 valence electrons. The minimum atomic E-state index is 0.447. The average Bonchev–Trinajstić information content (AvgIpc) is 3.06. The van der Waals surface area contributed by atoms with E-state index in [1.54, 1.807) is 0 Å². The topological polar surface area (TPSA) is 15.3 Å². The maximum Gasteiger partial charge on any atom is 0.0342 e. The highest BCUT2D eigenvalue weighted by Crippen LogP contribution is 2.43. The molecule has 1 aliphatic carbocycles. The van der Waals surface area contributed by atoms with Gasteiger partial charge in [-0.3, -0.25) is 4.90 Å². The second-order valence-corrected chi connectivity index (χ2v) is 5.27. The molecule has 2 aliphatic rings. The van der Waals surface area contributed by atoms with E-state index >= 15 is 0 Å². The van der Waals surface area contributed by atoms with Gasteiger partial charge in [0.1, 0.15) is 0 Å². The summed E-state index contributed by atoms with van der Waals surface area (Å²) in [7, 11) is 2.27. The number of nitrogens with zero attached hydrogens (tertiary/aromatic N) is 1. The average molecular weight is 216 g/mol. The van der Waals surface area contributed by atoms with Gasteiger partial charge in [0.25, 0.3) is 0 Å². The Morgan fingerprint density at radius 1 is 1.31 bits per heavy atom. The van der Waals surface area contributed by atoms with Gasteiger partial charge in [-0.25, -0.2) is 0 Å². The highest BCUT2D eigenvalue weighted by atomic mass is 15.3. The summed E-state index contributed by atoms with van der Waals surface area (Å²) in [5.41, 5.74) is 1.91. The molecule has 1 heterocycles. The fraction of sp³-hybridized carbons (Fsp3) is 0.571. The molecule has 1 unspecified atom stereocenters. The molecule has 1 aromatic rings. The Kier molecular flexibility index (Phi) is 2.49. The van der Waals surface area contributed by atoms with Gasteiger partial charge >= 0.3 is 0 Å². The third-order valence-corrected chi connectivity index (χ3v) is 4.17. The number of rotatable bonds is 2. The molecule has 3 rings (SSSR count). The van der Waals surface area contributed by atoms with Crippen molar-refractivity contribution in [2.75, 3.05) is 20.1 Å². The first-order valence-electron chi connectivity index (χ1n) is 6.29. The van der Waals surface area contributed by atoms with Gasteiger partial charge in [-0.15, -0.1) is 0 Å². The van der Waals surface area contributed by atoms with E-state index in [9.17, 15) is 0 Å². The number of nitrogens with one attached hydrogen (secondary N) is 1. The lowest BCUT2D eigenvalue weighted by Gasteiger charge is -2.40. The van der Waals surface area contributed by atoms with Crippen LogP contribution in [0.1, 0.15) is 18.4 Å². The van der Waals surface area contributed by atoms with Crippen molar-refractivity contribution in [1.82, 2.24) is 10.2 Å². The standard InChI is InChI=1S/C14H20N2/c1-16-10-9-15-14(7-8-14)13(16)11-12-5-3-2-4-6-12/h2-6,13,15H,7-11H2,1H3. The normalized spacial score (nSPS) is 28.2. The molecule has 0 amide bonds. The molecule has 1 spiro atoms. The Morgan fingerprint density at radius 3 is 2.75 bits per heavy atom. The maximum atomic E-state index is 3.73. The molecule has 1 aromatic carbocycles. The van der Waals surface area contributed by atoms with Crippen LogP contribution in [0.25, 0.3) is 0 Å². The predicted molar refractivity (Wildman–Crippen MR) is 66.5 cm³/mol. The van der Waals surface area contributed by atoms with E-state index in [2.05, 4.69) is 47.6 Å². The maximum absolute atomic E-state index is 3.73. The molecule has 2 heteroatoms. The minimum absolute atomic E-state index is 0.447. The van der Waals surface area contributed by atoms with Gasteiger partial charge in [-0.1, -0.05) is 30.3 Å². The monoisotopic (exact) mass is 216 g/mol. The van der Waals surface area contributed by atoms with E-state index in [4.69, 9.17) is 0 Å². The van der Waals surface area contributed by atoms with Crippen molar-refractivity contribution < 1.29 is 0 Å². The van der Waals surface area contributed by atoms with Gasteiger partial charge in [0.15, 0.2) is 0 Å². The molecule has 0 aromatic heterocycles. The number of hydrogen-bond donors (Lipinski definition) is 1. The zero-order valence-corrected chi connectivity index (χ0v) is 9.95. The van der Waals surface area contributed by atoms with Crippen LogP contribution < -0.4 is 5.32 Å². The van der Waals surface area contributed by atoms with Gasteiger partial charge in [-0.2, -0.15) is 0 Å². The molecule has 1 N–H and O–H groups in total. The molecule has 0 radical (unpaired) electrons. The van der Waals surface area contributed by atoms with Crippen LogP contribution in [0.5, 0.6) is 0 Å². The number of likely N-dealkylation sites (N-methyl/N-ethyl adjacent to an activating group) is 1. The van der Waals surface area contributed by atoms with Gasteiger partial charge < -0.3 is 5.32 Å². The molecule has 16 heavy (non-hydrogen) atoms. The Hall–Kier alpha value is -0.860. The van der Waals surface area contributed by atoms with Crippen LogP contribution in [0.4, 0.5) is 0 Å². The van der Waals surface area contributed by atoms with E-state index in [0.29, 0.717) is 11.6 Å². The van der Waals surface area contributed by atoms with Crippen molar-refractivity contribution in [3.8, 4) is 0 Å². The van der Waals surface area contributed by atoms with Crippen molar-refractivity contribution in [3.63, 3.8) is 0 Å². The summed E-state index contributed by atoms with van der Waals surface area (Å²) in [6, 6.07) is 11.6. The summed E-state index contributed by atoms with van der Waals surface area (Å²) >= 11 is 0. The lowest BCUT2D eigenvalue weighted by Crippen LogP contribution is -2.59. The van der Waals surface area contributed by atoms with E-state index < -0.39 is 0 Å². The van der Waals surface area contributed by atoms with Crippen LogP contribution in [0.15, 0.2) is 30.3 Å².